The molecule has 0 bridgehead atoms. The van der Waals surface area contributed by atoms with Crippen molar-refractivity contribution < 1.29 is 18.3 Å². The van der Waals surface area contributed by atoms with Crippen molar-refractivity contribution in [3.05, 3.63) is 59.8 Å². The van der Waals surface area contributed by atoms with Crippen molar-refractivity contribution in [3.8, 4) is 16.8 Å². The third-order valence-electron chi connectivity index (χ3n) is 6.53. The van der Waals surface area contributed by atoms with E-state index in [0.717, 1.165) is 10.9 Å². The average Bonchev–Trinajstić information content (AvgIpc) is 3.37. The monoisotopic (exact) mass is 507 g/mol. The molecule has 7 nitrogen and oxygen atoms in total. The lowest BCUT2D eigenvalue weighted by Gasteiger charge is -2.34. The van der Waals surface area contributed by atoms with E-state index in [1.165, 1.54) is 6.07 Å². The Labute approximate surface area is 214 Å². The Balaban J connectivity index is 1.52. The quantitative estimate of drug-likeness (QED) is 0.323. The normalized spacial score (nSPS) is 14.3. The zero-order valence-electron chi connectivity index (χ0n) is 21.9. The molecule has 37 heavy (non-hydrogen) atoms. The van der Waals surface area contributed by atoms with E-state index < -0.39 is 22.8 Å². The number of hydrogen-bond acceptors (Lipinski definition) is 5. The number of nitrogens with zero attached hydrogens (tertiary/aromatic N) is 4. The van der Waals surface area contributed by atoms with Gasteiger partial charge >= 0.3 is 5.97 Å². The summed E-state index contributed by atoms with van der Waals surface area (Å²) in [5, 5.41) is 12.3. The summed E-state index contributed by atoms with van der Waals surface area (Å²) in [4.78, 5) is 12.1. The zero-order valence-corrected chi connectivity index (χ0v) is 21.9. The van der Waals surface area contributed by atoms with Gasteiger partial charge in [0.15, 0.2) is 11.6 Å². The number of carbonyl (C=O) groups excluding carboxylic acids is 1. The Morgan fingerprint density at radius 1 is 1.16 bits per heavy atom. The van der Waals surface area contributed by atoms with E-state index in [0.29, 0.717) is 35.9 Å². The molecule has 4 aromatic rings. The van der Waals surface area contributed by atoms with Gasteiger partial charge in [0.1, 0.15) is 22.9 Å². The molecule has 0 saturated carbocycles. The maximum atomic E-state index is 16.2. The Hall–Kier alpha value is -3.75. The molecular formula is C28H31F2N5O2. The first-order valence-electron chi connectivity index (χ1n) is 12.4. The van der Waals surface area contributed by atoms with Crippen molar-refractivity contribution in [1.29, 1.82) is 0 Å². The van der Waals surface area contributed by atoms with Gasteiger partial charge in [-0.25, -0.2) is 8.78 Å². The molecule has 0 amide bonds. The van der Waals surface area contributed by atoms with E-state index in [9.17, 15) is 4.79 Å². The van der Waals surface area contributed by atoms with Crippen LogP contribution in [0.5, 0.6) is 0 Å². The van der Waals surface area contributed by atoms with Crippen LogP contribution in [-0.2, 0) is 21.6 Å². The van der Waals surface area contributed by atoms with Crippen LogP contribution in [0.25, 0.3) is 27.7 Å². The Morgan fingerprint density at radius 3 is 2.65 bits per heavy atom. The van der Waals surface area contributed by atoms with E-state index >= 15 is 8.78 Å². The van der Waals surface area contributed by atoms with Gasteiger partial charge in [-0.2, -0.15) is 0 Å². The lowest BCUT2D eigenvalue weighted by molar-refractivity contribution is -0.154. The van der Waals surface area contributed by atoms with Gasteiger partial charge < -0.3 is 14.6 Å². The lowest BCUT2D eigenvalue weighted by Crippen LogP contribution is -2.36. The molecule has 5 rings (SSSR count). The fourth-order valence-corrected chi connectivity index (χ4v) is 5.02. The van der Waals surface area contributed by atoms with Crippen LogP contribution in [0.4, 0.5) is 14.5 Å². The van der Waals surface area contributed by atoms with Gasteiger partial charge in [-0.3, -0.25) is 9.36 Å². The number of halogens is 2. The number of fused-ring (bicyclic) bond motifs is 4. The minimum atomic E-state index is -0.674. The molecule has 0 unspecified atom stereocenters. The second-order valence-electron chi connectivity index (χ2n) is 11.0. The first-order chi connectivity index (χ1) is 17.4. The average molecular weight is 508 g/mol. The number of esters is 1. The third-order valence-corrected chi connectivity index (χ3v) is 6.53. The molecule has 0 spiro atoms. The first-order valence-corrected chi connectivity index (χ1v) is 12.4. The van der Waals surface area contributed by atoms with E-state index in [1.807, 2.05) is 57.5 Å². The fourth-order valence-electron chi connectivity index (χ4n) is 5.02. The molecule has 0 radical (unpaired) electrons. The van der Waals surface area contributed by atoms with Crippen LogP contribution in [0.15, 0.2) is 36.5 Å². The van der Waals surface area contributed by atoms with Crippen molar-refractivity contribution in [1.82, 2.24) is 19.3 Å². The topological polar surface area (TPSA) is 74.0 Å². The number of carbonyl (C=O) groups is 1. The summed E-state index contributed by atoms with van der Waals surface area (Å²) in [7, 11) is 0. The Kier molecular flexibility index (Phi) is 5.84. The maximum Gasteiger partial charge on any atom is 0.306 e. The number of hydrogen-bond donors (Lipinski definition) is 1. The summed E-state index contributed by atoms with van der Waals surface area (Å²) >= 11 is 0. The maximum absolute atomic E-state index is 16.2. The number of ether oxygens (including phenoxy) is 1. The van der Waals surface area contributed by atoms with Crippen molar-refractivity contribution in [3.63, 3.8) is 0 Å². The lowest BCUT2D eigenvalue weighted by atomic mass is 9.95. The molecule has 3 heterocycles. The molecule has 1 N–H and O–H groups in total. The summed E-state index contributed by atoms with van der Waals surface area (Å²) in [6, 6.07) is 8.62. The van der Waals surface area contributed by atoms with Crippen molar-refractivity contribution in [2.45, 2.75) is 72.1 Å². The summed E-state index contributed by atoms with van der Waals surface area (Å²) in [5.74, 6) is -0.491. The van der Waals surface area contributed by atoms with Gasteiger partial charge in [0.25, 0.3) is 0 Å². The smallest absolute Gasteiger partial charge is 0.306 e. The highest BCUT2D eigenvalue weighted by Crippen LogP contribution is 2.43. The van der Waals surface area contributed by atoms with Crippen LogP contribution in [0.1, 0.15) is 59.1 Å². The van der Waals surface area contributed by atoms with Gasteiger partial charge in [-0.15, -0.1) is 10.2 Å². The number of nitrogens with one attached hydrogen (secondary N) is 1. The molecule has 2 aromatic carbocycles. The van der Waals surface area contributed by atoms with Gasteiger partial charge in [-0.1, -0.05) is 12.1 Å². The van der Waals surface area contributed by atoms with Crippen LogP contribution < -0.4 is 5.32 Å². The standard InChI is InChI=1S/C28H31F2N5O2/c1-16-32-33-26-28(5,6)31-20-15-19(29)23(24(30)25(20)35(16)26)18-9-7-10-21-17(18)12-14-34(21)13-8-11-22(36)37-27(2,3)4/h7,9-10,12,14-15,31H,8,11,13H2,1-6H3. The van der Waals surface area contributed by atoms with Crippen LogP contribution in [0, 0.1) is 18.6 Å². The molecule has 194 valence electrons. The molecule has 0 atom stereocenters. The highest BCUT2D eigenvalue weighted by molar-refractivity contribution is 5.97. The Bertz CT molecular complexity index is 1530. The van der Waals surface area contributed by atoms with Crippen molar-refractivity contribution in [2.24, 2.45) is 0 Å². The van der Waals surface area contributed by atoms with Gasteiger partial charge in [0.05, 0.1) is 16.8 Å². The predicted octanol–water partition coefficient (Wildman–Crippen LogP) is 6.26. The molecule has 0 saturated heterocycles. The molecule has 1 aliphatic rings. The highest BCUT2D eigenvalue weighted by Gasteiger charge is 2.37. The Morgan fingerprint density at radius 2 is 1.92 bits per heavy atom. The summed E-state index contributed by atoms with van der Waals surface area (Å²) in [6.45, 7) is 11.6. The molecule has 0 fully saturated rings. The fraction of sp³-hybridized carbons (Fsp3) is 0.393. The summed E-state index contributed by atoms with van der Waals surface area (Å²) in [5.41, 5.74) is 0.582. The molecular weight excluding hydrogens is 476 g/mol. The van der Waals surface area contributed by atoms with Gasteiger partial charge in [0, 0.05) is 36.1 Å². The second-order valence-corrected chi connectivity index (χ2v) is 11.0. The van der Waals surface area contributed by atoms with Crippen LogP contribution in [0.2, 0.25) is 0 Å². The van der Waals surface area contributed by atoms with Gasteiger partial charge in [0.2, 0.25) is 0 Å². The minimum absolute atomic E-state index is 0.101. The van der Waals surface area contributed by atoms with E-state index in [1.54, 1.807) is 23.6 Å². The number of benzene rings is 2. The summed E-state index contributed by atoms with van der Waals surface area (Å²) < 4.78 is 40.8. The summed E-state index contributed by atoms with van der Waals surface area (Å²) in [6.07, 6.45) is 2.75. The largest absolute Gasteiger partial charge is 0.460 e. The zero-order chi connectivity index (χ0) is 26.7. The number of aryl methyl sites for hydroxylation is 2. The highest BCUT2D eigenvalue weighted by atomic mass is 19.1. The third kappa shape index (κ3) is 4.36. The van der Waals surface area contributed by atoms with E-state index in [4.69, 9.17) is 4.74 Å². The number of aromatic nitrogens is 4. The van der Waals surface area contributed by atoms with Crippen molar-refractivity contribution in [2.75, 3.05) is 5.32 Å². The van der Waals surface area contributed by atoms with Crippen LogP contribution in [0.3, 0.4) is 0 Å². The number of rotatable bonds is 5. The predicted molar refractivity (Wildman–Crippen MR) is 139 cm³/mol. The second kappa shape index (κ2) is 8.68. The van der Waals surface area contributed by atoms with E-state index in [-0.39, 0.29) is 23.6 Å². The molecule has 2 aromatic heterocycles. The molecule has 1 aliphatic heterocycles. The minimum Gasteiger partial charge on any atom is -0.460 e. The van der Waals surface area contributed by atoms with Crippen LogP contribution in [-0.4, -0.2) is 30.9 Å². The van der Waals surface area contributed by atoms with E-state index in [2.05, 4.69) is 15.5 Å². The van der Waals surface area contributed by atoms with Crippen LogP contribution >= 0.6 is 0 Å². The molecule has 9 heteroatoms. The van der Waals surface area contributed by atoms with Crippen molar-refractivity contribution >= 4 is 22.6 Å². The molecule has 0 aliphatic carbocycles. The number of anilines is 1. The first kappa shape index (κ1) is 24.9. The SMILES string of the molecule is Cc1nnc2n1-c1c(cc(F)c(-c3cccc4c3ccn4CCCC(=O)OC(C)(C)C)c1F)NC2(C)C. The van der Waals surface area contributed by atoms with Gasteiger partial charge in [-0.05, 0) is 65.7 Å².